The molecule has 0 unspecified atom stereocenters. The van der Waals surface area contributed by atoms with Crippen molar-refractivity contribution in [2.24, 2.45) is 0 Å². The molecule has 0 aliphatic rings. The molecule has 1 N–H and O–H groups in total. The molecule has 24 heavy (non-hydrogen) atoms. The maximum Gasteiger partial charge on any atom is 0.253 e. The van der Waals surface area contributed by atoms with E-state index in [4.69, 9.17) is 9.47 Å². The lowest BCUT2D eigenvalue weighted by molar-refractivity contribution is -0.127. The van der Waals surface area contributed by atoms with Crippen molar-refractivity contribution in [1.29, 1.82) is 0 Å². The Bertz CT molecular complexity index is 640. The van der Waals surface area contributed by atoms with Gasteiger partial charge >= 0.3 is 0 Å². The van der Waals surface area contributed by atoms with Crippen molar-refractivity contribution in [2.45, 2.75) is 30.0 Å². The van der Waals surface area contributed by atoms with E-state index >= 15 is 0 Å². The van der Waals surface area contributed by atoms with Crippen molar-refractivity contribution in [1.82, 2.24) is 9.97 Å². The van der Waals surface area contributed by atoms with Crippen LogP contribution in [0.3, 0.4) is 0 Å². The minimum atomic E-state index is -0.550. The summed E-state index contributed by atoms with van der Waals surface area (Å²) < 4.78 is 10.6. The summed E-state index contributed by atoms with van der Waals surface area (Å²) in [4.78, 5) is 20.7. The number of hydrogen-bond donors (Lipinski definition) is 1. The van der Waals surface area contributed by atoms with Crippen molar-refractivity contribution >= 4 is 23.4 Å². The maximum atomic E-state index is 12.1. The van der Waals surface area contributed by atoms with Gasteiger partial charge in [-0.15, -0.1) is 0 Å². The fourth-order valence-corrected chi connectivity index (χ4v) is 2.58. The molecule has 0 spiro atoms. The van der Waals surface area contributed by atoms with Crippen LogP contribution in [0.15, 0.2) is 52.8 Å². The number of rotatable bonds is 9. The molecular formula is C17H21N3O3S. The summed E-state index contributed by atoms with van der Waals surface area (Å²) in [5.74, 6) is -0.202. The molecule has 0 bridgehead atoms. The van der Waals surface area contributed by atoms with Gasteiger partial charge < -0.3 is 14.8 Å². The van der Waals surface area contributed by atoms with Gasteiger partial charge in [-0.1, -0.05) is 17.8 Å². The van der Waals surface area contributed by atoms with Gasteiger partial charge in [-0.25, -0.2) is 9.97 Å². The van der Waals surface area contributed by atoms with Gasteiger partial charge in [-0.2, -0.15) is 0 Å². The van der Waals surface area contributed by atoms with Gasteiger partial charge in [0, 0.05) is 24.7 Å². The van der Waals surface area contributed by atoms with Crippen LogP contribution in [0, 0.1) is 0 Å². The van der Waals surface area contributed by atoms with Gasteiger partial charge in [0.25, 0.3) is 5.91 Å². The summed E-state index contributed by atoms with van der Waals surface area (Å²) in [6.45, 7) is 5.14. The molecule has 0 aliphatic carbocycles. The van der Waals surface area contributed by atoms with Gasteiger partial charge in [-0.3, -0.25) is 4.79 Å². The van der Waals surface area contributed by atoms with E-state index in [9.17, 15) is 4.79 Å². The van der Waals surface area contributed by atoms with E-state index in [-0.39, 0.29) is 5.91 Å². The molecule has 128 valence electrons. The highest BCUT2D eigenvalue weighted by atomic mass is 32.2. The predicted molar refractivity (Wildman–Crippen MR) is 93.1 cm³/mol. The van der Waals surface area contributed by atoms with Crippen LogP contribution in [0.1, 0.15) is 13.8 Å². The summed E-state index contributed by atoms with van der Waals surface area (Å²) in [5, 5.41) is 4.44. The first-order valence-corrected chi connectivity index (χ1v) is 8.56. The quantitative estimate of drug-likeness (QED) is 0.703. The summed E-state index contributed by atoms with van der Waals surface area (Å²) >= 11 is 1.44. The summed E-state index contributed by atoms with van der Waals surface area (Å²) in [6.07, 6.45) is 2.84. The zero-order valence-electron chi connectivity index (χ0n) is 13.8. The number of amides is 1. The van der Waals surface area contributed by atoms with Crippen molar-refractivity contribution in [3.63, 3.8) is 0 Å². The highest BCUT2D eigenvalue weighted by Crippen LogP contribution is 2.25. The number of carbonyl (C=O) groups excluding carboxylic acids is 1. The zero-order valence-corrected chi connectivity index (χ0v) is 14.6. The summed E-state index contributed by atoms with van der Waals surface area (Å²) in [6, 6.07) is 9.24. The highest BCUT2D eigenvalue weighted by Gasteiger charge is 2.13. The number of nitrogens with zero attached hydrogens (tertiary/aromatic N) is 2. The molecule has 6 nitrogen and oxygen atoms in total. The Kier molecular flexibility index (Phi) is 7.67. The maximum absolute atomic E-state index is 12.1. The van der Waals surface area contributed by atoms with Crippen LogP contribution in [0.2, 0.25) is 0 Å². The standard InChI is InChI=1S/C17H21N3O3S/c1-3-22-10-11-23-13(2)17(21)20-14-7-9-19-16(12-14)24-15-6-4-5-8-18-15/h4-9,12-13H,3,10-11H2,1-2H3,(H,19,20,21)/t13-/m0/s1. The molecule has 7 heteroatoms. The molecule has 0 aliphatic heterocycles. The Balaban J connectivity index is 1.88. The van der Waals surface area contributed by atoms with Gasteiger partial charge in [0.1, 0.15) is 16.2 Å². The van der Waals surface area contributed by atoms with E-state index in [1.807, 2.05) is 31.2 Å². The number of ether oxygens (including phenoxy) is 2. The smallest absolute Gasteiger partial charge is 0.253 e. The SMILES string of the molecule is CCOCCO[C@@H](C)C(=O)Nc1ccnc(Sc2ccccn2)c1. The monoisotopic (exact) mass is 347 g/mol. The second-order valence-corrected chi connectivity index (χ2v) is 5.89. The number of anilines is 1. The fraction of sp³-hybridized carbons (Fsp3) is 0.353. The first-order chi connectivity index (χ1) is 11.7. The third-order valence-corrected chi connectivity index (χ3v) is 3.90. The first kappa shape index (κ1) is 18.4. The van der Waals surface area contributed by atoms with Gasteiger partial charge in [-0.05, 0) is 38.1 Å². The minimum Gasteiger partial charge on any atom is -0.379 e. The second kappa shape index (κ2) is 10.0. The average Bonchev–Trinajstić information content (AvgIpc) is 2.59. The molecule has 1 atom stereocenters. The van der Waals surface area contributed by atoms with Crippen molar-refractivity contribution < 1.29 is 14.3 Å². The molecule has 1 amide bonds. The van der Waals surface area contributed by atoms with E-state index < -0.39 is 6.10 Å². The molecule has 2 aromatic rings. The third-order valence-electron chi connectivity index (χ3n) is 3.02. The van der Waals surface area contributed by atoms with Crippen LogP contribution in [0.4, 0.5) is 5.69 Å². The van der Waals surface area contributed by atoms with Crippen molar-refractivity contribution in [3.05, 3.63) is 42.7 Å². The molecule has 0 fully saturated rings. The van der Waals surface area contributed by atoms with Gasteiger partial charge in [0.2, 0.25) is 0 Å². The van der Waals surface area contributed by atoms with Crippen LogP contribution in [-0.4, -0.2) is 41.8 Å². The lowest BCUT2D eigenvalue weighted by Gasteiger charge is -2.13. The largest absolute Gasteiger partial charge is 0.379 e. The highest BCUT2D eigenvalue weighted by molar-refractivity contribution is 7.99. The Hall–Kier alpha value is -1.96. The number of hydrogen-bond acceptors (Lipinski definition) is 6. The Morgan fingerprint density at radius 3 is 2.79 bits per heavy atom. The number of carbonyl (C=O) groups is 1. The molecule has 0 saturated carbocycles. The summed E-state index contributed by atoms with van der Waals surface area (Å²) in [7, 11) is 0. The summed E-state index contributed by atoms with van der Waals surface area (Å²) in [5.41, 5.74) is 0.675. The molecule has 2 rings (SSSR count). The Morgan fingerprint density at radius 2 is 2.04 bits per heavy atom. The molecular weight excluding hydrogens is 326 g/mol. The minimum absolute atomic E-state index is 0.202. The number of nitrogens with one attached hydrogen (secondary N) is 1. The van der Waals surface area contributed by atoms with Crippen LogP contribution < -0.4 is 5.32 Å². The van der Waals surface area contributed by atoms with E-state index in [0.717, 1.165) is 10.1 Å². The molecule has 0 radical (unpaired) electrons. The fourth-order valence-electron chi connectivity index (χ4n) is 1.81. The van der Waals surface area contributed by atoms with Crippen molar-refractivity contribution in [3.8, 4) is 0 Å². The van der Waals surface area contributed by atoms with Crippen LogP contribution in [-0.2, 0) is 14.3 Å². The lowest BCUT2D eigenvalue weighted by Crippen LogP contribution is -2.28. The Labute approximate surface area is 146 Å². The van der Waals surface area contributed by atoms with E-state index in [0.29, 0.717) is 25.5 Å². The molecule has 2 heterocycles. The average molecular weight is 347 g/mol. The van der Waals surface area contributed by atoms with Crippen LogP contribution in [0.5, 0.6) is 0 Å². The molecule has 0 saturated heterocycles. The topological polar surface area (TPSA) is 73.3 Å². The molecule has 2 aromatic heterocycles. The predicted octanol–water partition coefficient (Wildman–Crippen LogP) is 3.01. The van der Waals surface area contributed by atoms with Crippen LogP contribution in [0.25, 0.3) is 0 Å². The van der Waals surface area contributed by atoms with E-state index in [1.54, 1.807) is 25.4 Å². The lowest BCUT2D eigenvalue weighted by atomic mass is 10.3. The number of pyridine rings is 2. The van der Waals surface area contributed by atoms with Gasteiger partial charge in [0.05, 0.1) is 13.2 Å². The first-order valence-electron chi connectivity index (χ1n) is 7.74. The normalized spacial score (nSPS) is 11.9. The third kappa shape index (κ3) is 6.27. The molecule has 0 aromatic carbocycles. The van der Waals surface area contributed by atoms with Gasteiger partial charge in [0.15, 0.2) is 0 Å². The Morgan fingerprint density at radius 1 is 1.21 bits per heavy atom. The van der Waals surface area contributed by atoms with Crippen molar-refractivity contribution in [2.75, 3.05) is 25.1 Å². The van der Waals surface area contributed by atoms with Crippen LogP contribution >= 0.6 is 11.8 Å². The second-order valence-electron chi connectivity index (χ2n) is 4.85. The van der Waals surface area contributed by atoms with E-state index in [1.165, 1.54) is 11.8 Å². The van der Waals surface area contributed by atoms with E-state index in [2.05, 4.69) is 15.3 Å². The zero-order chi connectivity index (χ0) is 17.2. The number of aromatic nitrogens is 2.